The monoisotopic (exact) mass is 261 g/mol. The Morgan fingerprint density at radius 1 is 1.37 bits per heavy atom. The number of ether oxygens (including phenoxy) is 1. The molecule has 3 rings (SSSR count). The van der Waals surface area contributed by atoms with E-state index in [0.717, 1.165) is 36.3 Å². The van der Waals surface area contributed by atoms with Crippen molar-refractivity contribution in [1.82, 2.24) is 0 Å². The van der Waals surface area contributed by atoms with Crippen molar-refractivity contribution in [2.45, 2.75) is 31.8 Å². The molecule has 1 aliphatic heterocycles. The lowest BCUT2D eigenvalue weighted by Gasteiger charge is -2.36. The lowest BCUT2D eigenvalue weighted by molar-refractivity contribution is -0.124. The molecule has 4 nitrogen and oxygen atoms in total. The van der Waals surface area contributed by atoms with Crippen molar-refractivity contribution < 1.29 is 14.6 Å². The number of hydrogen-bond donors (Lipinski definition) is 1. The quantitative estimate of drug-likeness (QED) is 0.888. The van der Waals surface area contributed by atoms with Crippen molar-refractivity contribution in [3.8, 4) is 5.75 Å². The number of amides is 1. The van der Waals surface area contributed by atoms with Crippen LogP contribution in [0.2, 0.25) is 0 Å². The zero-order valence-corrected chi connectivity index (χ0v) is 11.1. The van der Waals surface area contributed by atoms with Crippen LogP contribution in [0.3, 0.4) is 0 Å². The van der Waals surface area contributed by atoms with Crippen molar-refractivity contribution in [2.75, 3.05) is 18.6 Å². The topological polar surface area (TPSA) is 49.8 Å². The summed E-state index contributed by atoms with van der Waals surface area (Å²) in [7, 11) is 1.61. The number of rotatable bonds is 2. The highest BCUT2D eigenvalue weighted by Gasteiger charge is 2.34. The maximum Gasteiger partial charge on any atom is 0.230 e. The highest BCUT2D eigenvalue weighted by atomic mass is 16.5. The molecule has 1 aromatic rings. The van der Waals surface area contributed by atoms with E-state index in [0.29, 0.717) is 13.0 Å². The van der Waals surface area contributed by atoms with Crippen LogP contribution in [-0.2, 0) is 4.79 Å². The minimum absolute atomic E-state index is 0.175. The van der Waals surface area contributed by atoms with Gasteiger partial charge in [0.05, 0.1) is 18.9 Å². The second-order valence-corrected chi connectivity index (χ2v) is 5.35. The molecule has 1 heterocycles. The van der Waals surface area contributed by atoms with E-state index in [4.69, 9.17) is 4.74 Å². The number of fused-ring (bicyclic) bond motifs is 1. The highest BCUT2D eigenvalue weighted by Crippen LogP contribution is 2.39. The molecule has 2 aliphatic rings. The highest BCUT2D eigenvalue weighted by molar-refractivity contribution is 5.97. The maximum atomic E-state index is 12.5. The molecule has 0 spiro atoms. The van der Waals surface area contributed by atoms with E-state index in [-0.39, 0.29) is 11.8 Å². The number of hydrogen-bond acceptors (Lipinski definition) is 3. The molecule has 1 unspecified atom stereocenters. The van der Waals surface area contributed by atoms with E-state index >= 15 is 0 Å². The molecule has 1 fully saturated rings. The van der Waals surface area contributed by atoms with Crippen molar-refractivity contribution in [1.29, 1.82) is 0 Å². The molecule has 102 valence electrons. The van der Waals surface area contributed by atoms with Crippen molar-refractivity contribution in [2.24, 2.45) is 5.92 Å². The first-order chi connectivity index (χ1) is 9.20. The van der Waals surface area contributed by atoms with Crippen LogP contribution in [0.25, 0.3) is 0 Å². The molecule has 1 saturated carbocycles. The largest absolute Gasteiger partial charge is 0.497 e. The Morgan fingerprint density at radius 3 is 2.79 bits per heavy atom. The average Bonchev–Trinajstić information content (AvgIpc) is 2.36. The van der Waals surface area contributed by atoms with Gasteiger partial charge in [-0.25, -0.2) is 0 Å². The van der Waals surface area contributed by atoms with Gasteiger partial charge in [-0.1, -0.05) is 12.5 Å². The van der Waals surface area contributed by atoms with Crippen LogP contribution in [0.15, 0.2) is 18.2 Å². The molecule has 1 N–H and O–H groups in total. The summed E-state index contributed by atoms with van der Waals surface area (Å²) < 4.78 is 5.22. The first kappa shape index (κ1) is 12.5. The predicted molar refractivity (Wildman–Crippen MR) is 72.3 cm³/mol. The van der Waals surface area contributed by atoms with Gasteiger partial charge in [-0.2, -0.15) is 0 Å². The van der Waals surface area contributed by atoms with Crippen LogP contribution in [0.4, 0.5) is 5.69 Å². The summed E-state index contributed by atoms with van der Waals surface area (Å²) in [6.45, 7) is 0.594. The third-order valence-electron chi connectivity index (χ3n) is 4.23. The van der Waals surface area contributed by atoms with Gasteiger partial charge in [-0.15, -0.1) is 0 Å². The maximum absolute atomic E-state index is 12.5. The van der Waals surface area contributed by atoms with Gasteiger partial charge in [0, 0.05) is 24.1 Å². The molecule has 0 saturated heterocycles. The second-order valence-electron chi connectivity index (χ2n) is 5.35. The zero-order valence-electron chi connectivity index (χ0n) is 11.1. The Bertz CT molecular complexity index is 496. The van der Waals surface area contributed by atoms with Crippen molar-refractivity contribution >= 4 is 11.6 Å². The fraction of sp³-hybridized carbons (Fsp3) is 0.533. The molecule has 19 heavy (non-hydrogen) atoms. The van der Waals surface area contributed by atoms with E-state index in [1.807, 2.05) is 23.1 Å². The SMILES string of the molecule is COc1ccc2c(c1)N(C(=O)C1CCC1)CCC2O. The number of carbonyl (C=O) groups is 1. The molecular formula is C15H19NO3. The number of benzene rings is 1. The molecule has 0 radical (unpaired) electrons. The first-order valence-electron chi connectivity index (χ1n) is 6.88. The van der Waals surface area contributed by atoms with Gasteiger partial charge in [0.15, 0.2) is 0 Å². The molecule has 1 atom stereocenters. The van der Waals surface area contributed by atoms with Gasteiger partial charge in [-0.05, 0) is 25.3 Å². The van der Waals surface area contributed by atoms with Gasteiger partial charge < -0.3 is 14.7 Å². The standard InChI is InChI=1S/C15H19NO3/c1-19-11-5-6-12-13(9-11)16(8-7-14(12)17)15(18)10-3-2-4-10/h5-6,9-10,14,17H,2-4,7-8H2,1H3. The summed E-state index contributed by atoms with van der Waals surface area (Å²) in [4.78, 5) is 14.3. The van der Waals surface area contributed by atoms with Crippen LogP contribution in [0, 0.1) is 5.92 Å². The normalized spacial score (nSPS) is 22.6. The number of aliphatic hydroxyl groups is 1. The summed E-state index contributed by atoms with van der Waals surface area (Å²) in [6.07, 6.45) is 3.27. The fourth-order valence-corrected chi connectivity index (χ4v) is 2.80. The first-order valence-corrected chi connectivity index (χ1v) is 6.88. The van der Waals surface area contributed by atoms with Crippen molar-refractivity contribution in [3.05, 3.63) is 23.8 Å². The van der Waals surface area contributed by atoms with Gasteiger partial charge in [0.1, 0.15) is 5.75 Å². The predicted octanol–water partition coefficient (Wildman–Crippen LogP) is 2.27. The Kier molecular flexibility index (Phi) is 3.19. The van der Waals surface area contributed by atoms with Gasteiger partial charge in [0.25, 0.3) is 0 Å². The van der Waals surface area contributed by atoms with Crippen LogP contribution in [0.1, 0.15) is 37.4 Å². The molecule has 1 aliphatic carbocycles. The van der Waals surface area contributed by atoms with Crippen LogP contribution in [-0.4, -0.2) is 24.7 Å². The Morgan fingerprint density at radius 2 is 2.16 bits per heavy atom. The van der Waals surface area contributed by atoms with Crippen LogP contribution >= 0.6 is 0 Å². The van der Waals surface area contributed by atoms with E-state index in [2.05, 4.69) is 0 Å². The van der Waals surface area contributed by atoms with E-state index < -0.39 is 6.10 Å². The van der Waals surface area contributed by atoms with Gasteiger partial charge in [-0.3, -0.25) is 4.79 Å². The van der Waals surface area contributed by atoms with Gasteiger partial charge >= 0.3 is 0 Å². The smallest absolute Gasteiger partial charge is 0.230 e. The minimum atomic E-state index is -0.480. The molecule has 0 bridgehead atoms. The minimum Gasteiger partial charge on any atom is -0.497 e. The number of carbonyl (C=O) groups excluding carboxylic acids is 1. The van der Waals surface area contributed by atoms with Gasteiger partial charge in [0.2, 0.25) is 5.91 Å². The van der Waals surface area contributed by atoms with E-state index in [1.54, 1.807) is 7.11 Å². The van der Waals surface area contributed by atoms with Crippen molar-refractivity contribution in [3.63, 3.8) is 0 Å². The van der Waals surface area contributed by atoms with E-state index in [1.165, 1.54) is 0 Å². The third-order valence-corrected chi connectivity index (χ3v) is 4.23. The molecule has 1 amide bonds. The van der Waals surface area contributed by atoms with E-state index in [9.17, 15) is 9.90 Å². The Balaban J connectivity index is 1.95. The summed E-state index contributed by atoms with van der Waals surface area (Å²) in [5.74, 6) is 1.10. The number of aliphatic hydroxyl groups excluding tert-OH is 1. The molecule has 1 aromatic carbocycles. The molecular weight excluding hydrogens is 242 g/mol. The number of methoxy groups -OCH3 is 1. The Labute approximate surface area is 113 Å². The zero-order chi connectivity index (χ0) is 13.4. The van der Waals surface area contributed by atoms with Crippen LogP contribution < -0.4 is 9.64 Å². The summed E-state index contributed by atoms with van der Waals surface area (Å²) in [5, 5.41) is 10.1. The third kappa shape index (κ3) is 2.10. The van der Waals surface area contributed by atoms with Crippen LogP contribution in [0.5, 0.6) is 5.75 Å². The Hall–Kier alpha value is -1.55. The summed E-state index contributed by atoms with van der Waals surface area (Å²) in [6, 6.07) is 5.55. The lowest BCUT2D eigenvalue weighted by Crippen LogP contribution is -2.42. The second kappa shape index (κ2) is 4.85. The lowest BCUT2D eigenvalue weighted by atomic mass is 9.83. The number of nitrogens with zero attached hydrogens (tertiary/aromatic N) is 1. The summed E-state index contributed by atoms with van der Waals surface area (Å²) >= 11 is 0. The molecule has 0 aromatic heterocycles. The number of anilines is 1. The fourth-order valence-electron chi connectivity index (χ4n) is 2.80. The summed E-state index contributed by atoms with van der Waals surface area (Å²) in [5.41, 5.74) is 1.65. The molecule has 4 heteroatoms. The average molecular weight is 261 g/mol.